The lowest BCUT2D eigenvalue weighted by Crippen LogP contribution is -2.50. The highest BCUT2D eigenvalue weighted by Gasteiger charge is 2.54. The van der Waals surface area contributed by atoms with Crippen LogP contribution in [-0.4, -0.2) is 94.2 Å². The van der Waals surface area contributed by atoms with E-state index in [2.05, 4.69) is 42.3 Å². The maximum Gasteiger partial charge on any atom is 0.274 e. The number of pyridine rings is 2. The second kappa shape index (κ2) is 11.3. The molecule has 1 atom stereocenters. The quantitative estimate of drug-likeness (QED) is 0.438. The van der Waals surface area contributed by atoms with Crippen molar-refractivity contribution in [3.63, 3.8) is 0 Å². The molecule has 2 aliphatic heterocycles. The van der Waals surface area contributed by atoms with Gasteiger partial charge in [0.2, 0.25) is 11.8 Å². The van der Waals surface area contributed by atoms with Gasteiger partial charge in [0, 0.05) is 61.9 Å². The third-order valence-electron chi connectivity index (χ3n) is 8.66. The van der Waals surface area contributed by atoms with Crippen LogP contribution in [0.2, 0.25) is 0 Å². The Morgan fingerprint density at radius 1 is 1.10 bits per heavy atom. The van der Waals surface area contributed by atoms with E-state index in [0.29, 0.717) is 36.5 Å². The summed E-state index contributed by atoms with van der Waals surface area (Å²) in [5.74, 6) is -1.30. The number of aromatic amines is 1. The Morgan fingerprint density at radius 2 is 1.88 bits per heavy atom. The first-order valence-electron chi connectivity index (χ1n) is 14.2. The average Bonchev–Trinajstić information content (AvgIpc) is 3.57. The smallest absolute Gasteiger partial charge is 0.274 e. The van der Waals surface area contributed by atoms with Crippen molar-refractivity contribution < 1.29 is 23.1 Å². The zero-order chi connectivity index (χ0) is 29.4. The Morgan fingerprint density at radius 3 is 2.62 bits per heavy atom. The summed E-state index contributed by atoms with van der Waals surface area (Å²) in [7, 11) is 3.50. The maximum atomic E-state index is 14.4. The van der Waals surface area contributed by atoms with Gasteiger partial charge in [-0.3, -0.25) is 19.7 Å². The molecule has 6 rings (SSSR count). The number of likely N-dealkylation sites (tertiary alicyclic amines) is 1. The topological polar surface area (TPSA) is 120 Å². The first-order valence-corrected chi connectivity index (χ1v) is 14.2. The number of ether oxygens (including phenoxy) is 1. The summed E-state index contributed by atoms with van der Waals surface area (Å²) in [4.78, 5) is 41.1. The number of likely N-dealkylation sites (N-methyl/N-ethyl adjacent to an activating group) is 1. The summed E-state index contributed by atoms with van der Waals surface area (Å²) < 4.78 is 33.6. The molecule has 2 N–H and O–H groups in total. The molecule has 3 fully saturated rings. The molecular weight excluding hydrogens is 546 g/mol. The highest BCUT2D eigenvalue weighted by molar-refractivity contribution is 5.94. The molecule has 1 aliphatic carbocycles. The molecule has 1 saturated carbocycles. The summed E-state index contributed by atoms with van der Waals surface area (Å²) in [6.07, 6.45) is 4.93. The number of amides is 2. The summed E-state index contributed by atoms with van der Waals surface area (Å²) in [6, 6.07) is 4.46. The minimum atomic E-state index is -0.560. The van der Waals surface area contributed by atoms with Crippen LogP contribution in [0, 0.1) is 17.6 Å². The molecule has 11 nitrogen and oxygen atoms in total. The van der Waals surface area contributed by atoms with Gasteiger partial charge in [0.25, 0.3) is 5.91 Å². The number of carbonyl (C=O) groups excluding carboxylic acids is 2. The Labute approximate surface area is 242 Å². The third kappa shape index (κ3) is 5.52. The van der Waals surface area contributed by atoms with E-state index in [0.717, 1.165) is 45.2 Å². The van der Waals surface area contributed by atoms with Crippen LogP contribution in [0.1, 0.15) is 41.9 Å². The van der Waals surface area contributed by atoms with E-state index in [1.165, 1.54) is 31.5 Å². The van der Waals surface area contributed by atoms with Crippen LogP contribution < -0.4 is 15.0 Å². The number of halogens is 2. The molecule has 3 aromatic heterocycles. The fourth-order valence-electron chi connectivity index (χ4n) is 6.03. The van der Waals surface area contributed by atoms with Gasteiger partial charge < -0.3 is 24.8 Å². The fourth-order valence-corrected chi connectivity index (χ4v) is 6.03. The molecule has 0 aromatic carbocycles. The number of piperazine rings is 1. The average molecular weight is 581 g/mol. The summed E-state index contributed by atoms with van der Waals surface area (Å²) in [5, 5.41) is 9.94. The van der Waals surface area contributed by atoms with Crippen LogP contribution in [0.4, 0.5) is 14.5 Å². The number of hydrogen-bond acceptors (Lipinski definition) is 8. The van der Waals surface area contributed by atoms with E-state index in [1.807, 2.05) is 4.90 Å². The second-order valence-electron chi connectivity index (χ2n) is 11.4. The lowest BCUT2D eigenvalue weighted by molar-refractivity contribution is -0.127. The van der Waals surface area contributed by atoms with Gasteiger partial charge in [-0.2, -0.15) is 5.10 Å². The molecule has 1 spiro atoms. The van der Waals surface area contributed by atoms with Gasteiger partial charge in [-0.25, -0.2) is 13.8 Å². The first-order chi connectivity index (χ1) is 20.3. The van der Waals surface area contributed by atoms with Gasteiger partial charge >= 0.3 is 0 Å². The van der Waals surface area contributed by atoms with Crippen LogP contribution in [-0.2, 0) is 11.3 Å². The fraction of sp³-hybridized carbons (Fsp3) is 0.483. The molecule has 222 valence electrons. The molecular formula is C29H34F2N8O3. The van der Waals surface area contributed by atoms with E-state index >= 15 is 0 Å². The lowest BCUT2D eigenvalue weighted by Gasteiger charge is -2.39. The lowest BCUT2D eigenvalue weighted by atomic mass is 9.88. The highest BCUT2D eigenvalue weighted by atomic mass is 19.1. The molecule has 0 radical (unpaired) electrons. The summed E-state index contributed by atoms with van der Waals surface area (Å²) in [5.41, 5.74) is 1.71. The van der Waals surface area contributed by atoms with Crippen molar-refractivity contribution >= 4 is 17.5 Å². The molecule has 42 heavy (non-hydrogen) atoms. The van der Waals surface area contributed by atoms with Gasteiger partial charge in [0.15, 0.2) is 11.5 Å². The SMILES string of the molecule is COc1cc(-c2cc(C(=O)N3CC[C@H](C(=O)NCc4ncc(F)cc4N4CCN(C)CC4)CC34CC4)n[nH]2)c(F)cn1. The minimum absolute atomic E-state index is 0.0898. The summed E-state index contributed by atoms with van der Waals surface area (Å²) >= 11 is 0. The van der Waals surface area contributed by atoms with E-state index in [4.69, 9.17) is 4.74 Å². The van der Waals surface area contributed by atoms with E-state index in [9.17, 15) is 18.4 Å². The minimum Gasteiger partial charge on any atom is -0.481 e. The number of H-pyrrole nitrogens is 1. The molecule has 13 heteroatoms. The second-order valence-corrected chi connectivity index (χ2v) is 11.4. The number of piperidine rings is 1. The Hall–Kier alpha value is -4.13. The van der Waals surface area contributed by atoms with Crippen molar-refractivity contribution in [1.82, 2.24) is 35.3 Å². The van der Waals surface area contributed by atoms with Crippen LogP contribution in [0.5, 0.6) is 5.88 Å². The van der Waals surface area contributed by atoms with Crippen molar-refractivity contribution in [2.24, 2.45) is 5.92 Å². The van der Waals surface area contributed by atoms with Crippen molar-refractivity contribution in [3.05, 3.63) is 53.6 Å². The predicted octanol–water partition coefficient (Wildman–Crippen LogP) is 2.61. The zero-order valence-electron chi connectivity index (χ0n) is 23.7. The van der Waals surface area contributed by atoms with Crippen LogP contribution in [0.15, 0.2) is 30.6 Å². The van der Waals surface area contributed by atoms with Gasteiger partial charge in [0.1, 0.15) is 5.82 Å². The largest absolute Gasteiger partial charge is 0.481 e. The number of anilines is 1. The molecule has 3 aromatic rings. The van der Waals surface area contributed by atoms with E-state index < -0.39 is 11.6 Å². The molecule has 3 aliphatic rings. The summed E-state index contributed by atoms with van der Waals surface area (Å²) in [6.45, 7) is 3.89. The zero-order valence-corrected chi connectivity index (χ0v) is 23.7. The number of carbonyl (C=O) groups is 2. The molecule has 2 saturated heterocycles. The standard InChI is InChI=1S/C29H34F2N8O3/c1-37-7-9-38(10-8-37)25-11-19(30)15-32-24(25)17-34-27(40)18-3-6-39(29(14-18)4-5-29)28(41)23-13-22(35-36-23)20-12-26(42-2)33-16-21(20)31/h11-13,15-16,18H,3-10,14,17H2,1-2H3,(H,34,40)(H,35,36)/t18-/m0/s1. The van der Waals surface area contributed by atoms with Crippen molar-refractivity contribution in [1.29, 1.82) is 0 Å². The van der Waals surface area contributed by atoms with Gasteiger partial charge in [-0.05, 0) is 38.8 Å². The van der Waals surface area contributed by atoms with E-state index in [1.54, 1.807) is 0 Å². The molecule has 2 amide bonds. The van der Waals surface area contributed by atoms with Gasteiger partial charge in [-0.15, -0.1) is 0 Å². The number of aromatic nitrogens is 4. The van der Waals surface area contributed by atoms with Crippen molar-refractivity contribution in [2.75, 3.05) is 51.8 Å². The number of methoxy groups -OCH3 is 1. The van der Waals surface area contributed by atoms with Crippen LogP contribution in [0.3, 0.4) is 0 Å². The first kappa shape index (κ1) is 28.0. The number of nitrogens with one attached hydrogen (secondary N) is 2. The number of nitrogens with zero attached hydrogens (tertiary/aromatic N) is 6. The predicted molar refractivity (Wildman–Crippen MR) is 150 cm³/mol. The van der Waals surface area contributed by atoms with Gasteiger partial charge in [-0.1, -0.05) is 0 Å². The molecule has 0 unspecified atom stereocenters. The Kier molecular flexibility index (Phi) is 7.52. The van der Waals surface area contributed by atoms with Crippen LogP contribution >= 0.6 is 0 Å². The monoisotopic (exact) mass is 580 g/mol. The molecule has 0 bridgehead atoms. The molecule has 5 heterocycles. The normalized spacial score (nSPS) is 20.0. The number of rotatable bonds is 7. The maximum absolute atomic E-state index is 14.4. The Bertz CT molecular complexity index is 1490. The van der Waals surface area contributed by atoms with Gasteiger partial charge in [0.05, 0.1) is 43.1 Å². The van der Waals surface area contributed by atoms with Crippen LogP contribution in [0.25, 0.3) is 11.3 Å². The van der Waals surface area contributed by atoms with Crippen molar-refractivity contribution in [2.45, 2.75) is 37.8 Å². The Balaban J connectivity index is 1.09. The third-order valence-corrected chi connectivity index (χ3v) is 8.66. The highest BCUT2D eigenvalue weighted by Crippen LogP contribution is 2.50. The van der Waals surface area contributed by atoms with E-state index in [-0.39, 0.29) is 47.0 Å². The van der Waals surface area contributed by atoms with Crippen molar-refractivity contribution in [3.8, 4) is 17.1 Å². The number of hydrogen-bond donors (Lipinski definition) is 2.